The van der Waals surface area contributed by atoms with Gasteiger partial charge < -0.3 is 14.6 Å². The van der Waals surface area contributed by atoms with Gasteiger partial charge >= 0.3 is 6.09 Å². The molecule has 0 saturated carbocycles. The normalized spacial score (nSPS) is 17.6. The second-order valence-electron chi connectivity index (χ2n) is 8.24. The maximum atomic E-state index is 13.2. The van der Waals surface area contributed by atoms with E-state index in [0.29, 0.717) is 32.5 Å². The van der Waals surface area contributed by atoms with Crippen molar-refractivity contribution in [1.82, 2.24) is 4.90 Å². The minimum atomic E-state index is -0.897. The highest BCUT2D eigenvalue weighted by Crippen LogP contribution is 2.25. The molecule has 0 spiro atoms. The average molecular weight is 438 g/mol. The second kappa shape index (κ2) is 11.6. The van der Waals surface area contributed by atoms with Crippen LogP contribution in [-0.2, 0) is 27.3 Å². The summed E-state index contributed by atoms with van der Waals surface area (Å²) in [4.78, 5) is 26.7. The number of aliphatic hydroxyl groups is 1. The molecule has 2 aromatic rings. The van der Waals surface area contributed by atoms with E-state index in [1.54, 1.807) is 6.92 Å². The Hall–Kier alpha value is -2.96. The van der Waals surface area contributed by atoms with E-state index >= 15 is 0 Å². The van der Waals surface area contributed by atoms with Crippen LogP contribution in [0.3, 0.4) is 0 Å². The van der Waals surface area contributed by atoms with Crippen molar-refractivity contribution in [1.29, 1.82) is 0 Å². The van der Waals surface area contributed by atoms with E-state index in [0.717, 1.165) is 16.7 Å². The van der Waals surface area contributed by atoms with E-state index in [4.69, 9.17) is 9.47 Å². The standard InChI is InChI=1S/C26H31NO5/c1-19(16-31-17-22-11-7-4-8-12-22)13-14-24(20(2)28)25(29)27-23(18-32-26(27)30)15-21-9-5-3-6-10-21/h3-12,20,23-24,28H,1,13-18H2,2H3/t20-,23+,24+/m1/s1. The molecular formula is C26H31NO5. The van der Waals surface area contributed by atoms with Gasteiger partial charge in [0.2, 0.25) is 5.91 Å². The number of rotatable bonds is 11. The number of aliphatic hydroxyl groups excluding tert-OH is 1. The molecule has 0 bridgehead atoms. The van der Waals surface area contributed by atoms with Crippen molar-refractivity contribution < 1.29 is 24.2 Å². The molecule has 1 aliphatic heterocycles. The van der Waals surface area contributed by atoms with Crippen LogP contribution in [0, 0.1) is 5.92 Å². The van der Waals surface area contributed by atoms with E-state index < -0.39 is 24.0 Å². The van der Waals surface area contributed by atoms with Crippen molar-refractivity contribution in [2.45, 2.75) is 44.9 Å². The minimum absolute atomic E-state index is 0.159. The number of cyclic esters (lactones) is 1. The molecule has 1 aliphatic rings. The summed E-state index contributed by atoms with van der Waals surface area (Å²) in [7, 11) is 0. The molecule has 0 aliphatic carbocycles. The molecule has 3 rings (SSSR count). The van der Waals surface area contributed by atoms with Crippen LogP contribution in [0.4, 0.5) is 4.79 Å². The SMILES string of the molecule is C=C(CC[C@H](C(=O)N1C(=O)OC[C@@H]1Cc1ccccc1)[C@@H](C)O)COCc1ccccc1. The Morgan fingerprint density at radius 3 is 2.41 bits per heavy atom. The Balaban J connectivity index is 1.54. The molecular weight excluding hydrogens is 406 g/mol. The van der Waals surface area contributed by atoms with Crippen LogP contribution in [0.2, 0.25) is 0 Å². The summed E-state index contributed by atoms with van der Waals surface area (Å²) in [6, 6.07) is 19.1. The van der Waals surface area contributed by atoms with Crippen LogP contribution in [-0.4, -0.2) is 47.4 Å². The molecule has 32 heavy (non-hydrogen) atoms. The smallest absolute Gasteiger partial charge is 0.416 e. The van der Waals surface area contributed by atoms with Crippen molar-refractivity contribution in [2.75, 3.05) is 13.2 Å². The van der Waals surface area contributed by atoms with E-state index in [1.807, 2.05) is 60.7 Å². The maximum absolute atomic E-state index is 13.2. The number of imide groups is 1. The minimum Gasteiger partial charge on any atom is -0.447 e. The molecule has 1 fully saturated rings. The lowest BCUT2D eigenvalue weighted by Crippen LogP contribution is -2.46. The topological polar surface area (TPSA) is 76.1 Å². The van der Waals surface area contributed by atoms with Gasteiger partial charge in [-0.2, -0.15) is 0 Å². The number of carbonyl (C=O) groups excluding carboxylic acids is 2. The molecule has 2 amide bonds. The quantitative estimate of drug-likeness (QED) is 0.535. The highest BCUT2D eigenvalue weighted by atomic mass is 16.6. The first-order chi connectivity index (χ1) is 15.5. The average Bonchev–Trinajstić information content (AvgIpc) is 3.14. The van der Waals surface area contributed by atoms with Gasteiger partial charge in [-0.3, -0.25) is 4.79 Å². The number of ether oxygens (including phenoxy) is 2. The third-order valence-electron chi connectivity index (χ3n) is 5.64. The van der Waals surface area contributed by atoms with Crippen molar-refractivity contribution in [3.63, 3.8) is 0 Å². The zero-order valence-corrected chi connectivity index (χ0v) is 18.5. The van der Waals surface area contributed by atoms with Crippen LogP contribution in [0.15, 0.2) is 72.8 Å². The molecule has 2 aromatic carbocycles. The van der Waals surface area contributed by atoms with Gasteiger partial charge in [0.05, 0.1) is 31.3 Å². The predicted octanol–water partition coefficient (Wildman–Crippen LogP) is 4.13. The van der Waals surface area contributed by atoms with E-state index in [2.05, 4.69) is 6.58 Å². The number of carbonyl (C=O) groups is 2. The number of hydrogen-bond acceptors (Lipinski definition) is 5. The number of nitrogens with zero attached hydrogens (tertiary/aromatic N) is 1. The van der Waals surface area contributed by atoms with Crippen LogP contribution in [0.5, 0.6) is 0 Å². The second-order valence-corrected chi connectivity index (χ2v) is 8.24. The predicted molar refractivity (Wildman–Crippen MR) is 122 cm³/mol. The Kier molecular flexibility index (Phi) is 8.59. The van der Waals surface area contributed by atoms with Gasteiger partial charge in [0, 0.05) is 0 Å². The van der Waals surface area contributed by atoms with Crippen LogP contribution < -0.4 is 0 Å². The van der Waals surface area contributed by atoms with Crippen molar-refractivity contribution >= 4 is 12.0 Å². The molecule has 170 valence electrons. The van der Waals surface area contributed by atoms with E-state index in [-0.39, 0.29) is 12.6 Å². The molecule has 3 atom stereocenters. The summed E-state index contributed by atoms with van der Waals surface area (Å²) in [6.07, 6.45) is -0.128. The van der Waals surface area contributed by atoms with Crippen LogP contribution in [0.1, 0.15) is 30.9 Å². The Bertz CT molecular complexity index is 897. The van der Waals surface area contributed by atoms with Crippen LogP contribution >= 0.6 is 0 Å². The van der Waals surface area contributed by atoms with Crippen molar-refractivity contribution in [3.05, 3.63) is 83.9 Å². The Morgan fingerprint density at radius 2 is 1.78 bits per heavy atom. The third-order valence-corrected chi connectivity index (χ3v) is 5.64. The number of amides is 2. The molecule has 1 N–H and O–H groups in total. The summed E-state index contributed by atoms with van der Waals surface area (Å²) in [5.41, 5.74) is 2.93. The zero-order valence-electron chi connectivity index (χ0n) is 18.5. The van der Waals surface area contributed by atoms with Crippen molar-refractivity contribution in [2.24, 2.45) is 5.92 Å². The summed E-state index contributed by atoms with van der Waals surface area (Å²) in [5, 5.41) is 10.3. The van der Waals surface area contributed by atoms with Gasteiger partial charge in [-0.15, -0.1) is 0 Å². The monoisotopic (exact) mass is 437 g/mol. The van der Waals surface area contributed by atoms with Gasteiger partial charge in [-0.1, -0.05) is 72.8 Å². The fourth-order valence-corrected chi connectivity index (χ4v) is 3.84. The zero-order chi connectivity index (χ0) is 22.9. The lowest BCUT2D eigenvalue weighted by atomic mass is 9.93. The first-order valence-electron chi connectivity index (χ1n) is 11.0. The fraction of sp³-hybridized carbons (Fsp3) is 0.385. The van der Waals surface area contributed by atoms with Gasteiger partial charge in [-0.05, 0) is 37.3 Å². The number of hydrogen-bond donors (Lipinski definition) is 1. The Morgan fingerprint density at radius 1 is 1.16 bits per heavy atom. The highest BCUT2D eigenvalue weighted by molar-refractivity contribution is 5.95. The molecule has 0 aromatic heterocycles. The van der Waals surface area contributed by atoms with Gasteiger partial charge in [0.25, 0.3) is 0 Å². The summed E-state index contributed by atoms with van der Waals surface area (Å²) in [6.45, 7) is 6.63. The molecule has 0 radical (unpaired) electrons. The van der Waals surface area contributed by atoms with Gasteiger partial charge in [0.15, 0.2) is 0 Å². The lowest BCUT2D eigenvalue weighted by molar-refractivity contribution is -0.137. The summed E-state index contributed by atoms with van der Waals surface area (Å²) >= 11 is 0. The molecule has 6 heteroatoms. The van der Waals surface area contributed by atoms with E-state index in [1.165, 1.54) is 4.90 Å². The van der Waals surface area contributed by atoms with Crippen molar-refractivity contribution in [3.8, 4) is 0 Å². The lowest BCUT2D eigenvalue weighted by Gasteiger charge is -2.26. The van der Waals surface area contributed by atoms with Crippen LogP contribution in [0.25, 0.3) is 0 Å². The summed E-state index contributed by atoms with van der Waals surface area (Å²) < 4.78 is 10.9. The van der Waals surface area contributed by atoms with Gasteiger partial charge in [0.1, 0.15) is 6.61 Å². The first-order valence-corrected chi connectivity index (χ1v) is 11.0. The molecule has 6 nitrogen and oxygen atoms in total. The number of benzene rings is 2. The maximum Gasteiger partial charge on any atom is 0.416 e. The van der Waals surface area contributed by atoms with E-state index in [9.17, 15) is 14.7 Å². The largest absolute Gasteiger partial charge is 0.447 e. The first kappa shape index (κ1) is 23.7. The molecule has 1 saturated heterocycles. The Labute approximate surface area is 189 Å². The fourth-order valence-electron chi connectivity index (χ4n) is 3.84. The molecule has 1 heterocycles. The highest BCUT2D eigenvalue weighted by Gasteiger charge is 2.41. The van der Waals surface area contributed by atoms with Gasteiger partial charge in [-0.25, -0.2) is 9.69 Å². The third kappa shape index (κ3) is 6.52. The summed E-state index contributed by atoms with van der Waals surface area (Å²) in [5.74, 6) is -1.12. The molecule has 0 unspecified atom stereocenters.